The van der Waals surface area contributed by atoms with Crippen LogP contribution in [0.1, 0.15) is 32.1 Å². The van der Waals surface area contributed by atoms with Crippen LogP contribution in [0.25, 0.3) is 0 Å². The van der Waals surface area contributed by atoms with Gasteiger partial charge in [0.25, 0.3) is 0 Å². The summed E-state index contributed by atoms with van der Waals surface area (Å²) in [7, 11) is 0. The first-order valence-electron chi connectivity index (χ1n) is 6.01. The molecular weight excluding hydrogens is 176 g/mol. The van der Waals surface area contributed by atoms with Gasteiger partial charge in [0.05, 0.1) is 6.10 Å². The summed E-state index contributed by atoms with van der Waals surface area (Å²) in [5.41, 5.74) is 0. The van der Waals surface area contributed by atoms with Gasteiger partial charge in [-0.25, -0.2) is 0 Å². The van der Waals surface area contributed by atoms with Gasteiger partial charge >= 0.3 is 0 Å². The van der Waals surface area contributed by atoms with E-state index >= 15 is 0 Å². The molecule has 2 rings (SSSR count). The van der Waals surface area contributed by atoms with Crippen LogP contribution in [0.3, 0.4) is 0 Å². The van der Waals surface area contributed by atoms with Crippen molar-refractivity contribution in [3.8, 4) is 0 Å². The highest BCUT2D eigenvalue weighted by atomic mass is 16.5. The van der Waals surface area contributed by atoms with Gasteiger partial charge in [-0.15, -0.1) is 0 Å². The van der Waals surface area contributed by atoms with Gasteiger partial charge in [0.1, 0.15) is 0 Å². The summed E-state index contributed by atoms with van der Waals surface area (Å²) in [6.45, 7) is 4.32. The molecule has 0 aromatic carbocycles. The molecule has 2 aliphatic heterocycles. The number of nitrogens with one attached hydrogen (secondary N) is 2. The minimum absolute atomic E-state index is 0.477. The number of ether oxygens (including phenoxy) is 1. The van der Waals surface area contributed by atoms with Crippen LogP contribution in [0.2, 0.25) is 0 Å². The molecular formula is C11H22N2O. The molecule has 0 saturated carbocycles. The van der Waals surface area contributed by atoms with E-state index in [0.717, 1.165) is 19.7 Å². The number of hydrogen-bond donors (Lipinski definition) is 2. The highest BCUT2D eigenvalue weighted by Crippen LogP contribution is 2.11. The first-order chi connectivity index (χ1) is 6.95. The summed E-state index contributed by atoms with van der Waals surface area (Å²) in [4.78, 5) is 0. The Bertz CT molecular complexity index is 151. The standard InChI is InChI=1S/C11H22N2O/c1-2-7-14-11(5-1)9-12-8-10-4-3-6-13-10/h10-13H,1-9H2. The molecule has 2 unspecified atom stereocenters. The highest BCUT2D eigenvalue weighted by molar-refractivity contribution is 4.77. The molecule has 0 aromatic rings. The molecule has 0 bridgehead atoms. The van der Waals surface area contributed by atoms with Crippen molar-refractivity contribution in [2.45, 2.75) is 44.2 Å². The van der Waals surface area contributed by atoms with E-state index in [0.29, 0.717) is 12.1 Å². The van der Waals surface area contributed by atoms with Gasteiger partial charge in [0.2, 0.25) is 0 Å². The monoisotopic (exact) mass is 198 g/mol. The van der Waals surface area contributed by atoms with Crippen LogP contribution in [-0.2, 0) is 4.74 Å². The van der Waals surface area contributed by atoms with Crippen molar-refractivity contribution in [1.82, 2.24) is 10.6 Å². The second-order valence-electron chi connectivity index (χ2n) is 4.44. The van der Waals surface area contributed by atoms with Gasteiger partial charge in [-0.2, -0.15) is 0 Å². The van der Waals surface area contributed by atoms with Crippen LogP contribution in [-0.4, -0.2) is 38.4 Å². The molecule has 2 aliphatic rings. The Hall–Kier alpha value is -0.120. The summed E-state index contributed by atoms with van der Waals surface area (Å²) in [6, 6.07) is 0.707. The van der Waals surface area contributed by atoms with E-state index in [4.69, 9.17) is 4.74 Å². The van der Waals surface area contributed by atoms with E-state index in [-0.39, 0.29) is 0 Å². The predicted octanol–water partition coefficient (Wildman–Crippen LogP) is 0.897. The van der Waals surface area contributed by atoms with E-state index in [1.165, 1.54) is 38.6 Å². The molecule has 2 N–H and O–H groups in total. The van der Waals surface area contributed by atoms with E-state index in [1.54, 1.807) is 0 Å². The molecule has 2 saturated heterocycles. The van der Waals surface area contributed by atoms with Crippen molar-refractivity contribution in [3.63, 3.8) is 0 Å². The minimum atomic E-state index is 0.477. The van der Waals surface area contributed by atoms with Crippen molar-refractivity contribution in [2.75, 3.05) is 26.2 Å². The molecule has 0 radical (unpaired) electrons. The van der Waals surface area contributed by atoms with Gasteiger partial charge in [-0.1, -0.05) is 0 Å². The molecule has 0 spiro atoms. The SMILES string of the molecule is C1CCC(CNCC2CCCN2)OC1. The topological polar surface area (TPSA) is 33.3 Å². The Morgan fingerprint density at radius 1 is 1.14 bits per heavy atom. The van der Waals surface area contributed by atoms with E-state index < -0.39 is 0 Å². The molecule has 0 aliphatic carbocycles. The second-order valence-corrected chi connectivity index (χ2v) is 4.44. The second kappa shape index (κ2) is 5.69. The molecule has 3 nitrogen and oxygen atoms in total. The molecule has 0 aromatic heterocycles. The van der Waals surface area contributed by atoms with Crippen molar-refractivity contribution in [2.24, 2.45) is 0 Å². The first kappa shape index (κ1) is 10.4. The van der Waals surface area contributed by atoms with Crippen molar-refractivity contribution in [1.29, 1.82) is 0 Å². The zero-order valence-corrected chi connectivity index (χ0v) is 8.93. The van der Waals surface area contributed by atoms with Gasteiger partial charge in [0, 0.05) is 25.7 Å². The quantitative estimate of drug-likeness (QED) is 0.704. The fourth-order valence-electron chi connectivity index (χ4n) is 2.32. The smallest absolute Gasteiger partial charge is 0.0699 e. The average molecular weight is 198 g/mol. The molecule has 2 fully saturated rings. The van der Waals surface area contributed by atoms with Gasteiger partial charge < -0.3 is 15.4 Å². The van der Waals surface area contributed by atoms with Crippen molar-refractivity contribution >= 4 is 0 Å². The molecule has 2 heterocycles. The lowest BCUT2D eigenvalue weighted by atomic mass is 10.1. The van der Waals surface area contributed by atoms with Crippen LogP contribution in [0, 0.1) is 0 Å². The zero-order chi connectivity index (χ0) is 9.64. The Labute approximate surface area is 86.6 Å². The lowest BCUT2D eigenvalue weighted by Gasteiger charge is -2.23. The first-order valence-corrected chi connectivity index (χ1v) is 6.01. The summed E-state index contributed by atoms with van der Waals surface area (Å²) in [5, 5.41) is 7.00. The largest absolute Gasteiger partial charge is 0.377 e. The maximum atomic E-state index is 5.66. The van der Waals surface area contributed by atoms with E-state index in [9.17, 15) is 0 Å². The molecule has 14 heavy (non-hydrogen) atoms. The molecule has 0 amide bonds. The van der Waals surface area contributed by atoms with Gasteiger partial charge in [-0.05, 0) is 38.6 Å². The molecule has 3 heteroatoms. The number of hydrogen-bond acceptors (Lipinski definition) is 3. The van der Waals surface area contributed by atoms with E-state index in [2.05, 4.69) is 10.6 Å². The summed E-state index contributed by atoms with van der Waals surface area (Å²) in [6.07, 6.45) is 6.98. The van der Waals surface area contributed by atoms with Crippen LogP contribution in [0.5, 0.6) is 0 Å². The normalized spacial score (nSPS) is 33.4. The lowest BCUT2D eigenvalue weighted by Crippen LogP contribution is -2.39. The zero-order valence-electron chi connectivity index (χ0n) is 8.93. The van der Waals surface area contributed by atoms with Gasteiger partial charge in [0.15, 0.2) is 0 Å². The third kappa shape index (κ3) is 3.23. The highest BCUT2D eigenvalue weighted by Gasteiger charge is 2.16. The van der Waals surface area contributed by atoms with Crippen LogP contribution >= 0.6 is 0 Å². The Balaban J connectivity index is 1.52. The maximum absolute atomic E-state index is 5.66. The maximum Gasteiger partial charge on any atom is 0.0699 e. The minimum Gasteiger partial charge on any atom is -0.377 e. The summed E-state index contributed by atoms with van der Waals surface area (Å²) in [5.74, 6) is 0. The van der Waals surface area contributed by atoms with Crippen LogP contribution in [0.15, 0.2) is 0 Å². The number of rotatable bonds is 4. The summed E-state index contributed by atoms with van der Waals surface area (Å²) >= 11 is 0. The van der Waals surface area contributed by atoms with E-state index in [1.807, 2.05) is 0 Å². The Kier molecular flexibility index (Phi) is 4.22. The van der Waals surface area contributed by atoms with Crippen molar-refractivity contribution < 1.29 is 4.74 Å². The molecule has 82 valence electrons. The van der Waals surface area contributed by atoms with Crippen LogP contribution in [0.4, 0.5) is 0 Å². The lowest BCUT2D eigenvalue weighted by molar-refractivity contribution is 0.0168. The predicted molar refractivity (Wildman–Crippen MR) is 57.5 cm³/mol. The summed E-state index contributed by atoms with van der Waals surface area (Å²) < 4.78 is 5.66. The molecule has 2 atom stereocenters. The fraction of sp³-hybridized carbons (Fsp3) is 1.00. The Morgan fingerprint density at radius 3 is 2.86 bits per heavy atom. The van der Waals surface area contributed by atoms with Crippen LogP contribution < -0.4 is 10.6 Å². The van der Waals surface area contributed by atoms with Crippen molar-refractivity contribution in [3.05, 3.63) is 0 Å². The Morgan fingerprint density at radius 2 is 2.14 bits per heavy atom. The van der Waals surface area contributed by atoms with Gasteiger partial charge in [-0.3, -0.25) is 0 Å². The average Bonchev–Trinajstić information content (AvgIpc) is 2.72. The fourth-order valence-corrected chi connectivity index (χ4v) is 2.32. The third-order valence-corrected chi connectivity index (χ3v) is 3.20. The third-order valence-electron chi connectivity index (χ3n) is 3.20.